The van der Waals surface area contributed by atoms with Crippen molar-refractivity contribution in [3.8, 4) is 0 Å². The normalized spacial score (nSPS) is 10.4. The molecule has 0 saturated carbocycles. The highest BCUT2D eigenvalue weighted by Gasteiger charge is 2.03. The summed E-state index contributed by atoms with van der Waals surface area (Å²) >= 11 is 11.4. The van der Waals surface area contributed by atoms with E-state index in [1.165, 1.54) is 14.2 Å². The maximum Gasteiger partial charge on any atom is 0.0637 e. The van der Waals surface area contributed by atoms with Gasteiger partial charge in [0.1, 0.15) is 0 Å². The van der Waals surface area contributed by atoms with Crippen molar-refractivity contribution >= 4 is 44.6 Å². The fourth-order valence-corrected chi connectivity index (χ4v) is 3.14. The van der Waals surface area contributed by atoms with Crippen molar-refractivity contribution in [2.45, 2.75) is 13.5 Å². The highest BCUT2D eigenvalue weighted by Crippen LogP contribution is 2.28. The molecule has 0 fully saturated rings. The first-order valence-electron chi connectivity index (χ1n) is 4.90. The highest BCUT2D eigenvalue weighted by molar-refractivity contribution is 9.10. The van der Waals surface area contributed by atoms with E-state index in [9.17, 15) is 0 Å². The molecule has 0 amide bonds. The van der Waals surface area contributed by atoms with Gasteiger partial charge < -0.3 is 5.32 Å². The number of rotatable bonds is 3. The topological polar surface area (TPSA) is 12.0 Å². The summed E-state index contributed by atoms with van der Waals surface area (Å²) < 4.78 is 1.17. The molecule has 0 unspecified atom stereocenters. The first kappa shape index (κ1) is 12.0. The van der Waals surface area contributed by atoms with E-state index in [0.717, 1.165) is 17.3 Å². The second-order valence-corrected chi connectivity index (χ2v) is 6.05. The number of para-hydroxylation sites is 1. The van der Waals surface area contributed by atoms with Gasteiger partial charge in [-0.25, -0.2) is 0 Å². The summed E-state index contributed by atoms with van der Waals surface area (Å²) in [6.45, 7) is 2.91. The molecule has 0 aliphatic carbocycles. The van der Waals surface area contributed by atoms with Gasteiger partial charge in [0.05, 0.1) is 10.7 Å². The van der Waals surface area contributed by atoms with Crippen LogP contribution in [0.25, 0.3) is 0 Å². The lowest BCUT2D eigenvalue weighted by molar-refractivity contribution is 1.19. The van der Waals surface area contributed by atoms with E-state index >= 15 is 0 Å². The van der Waals surface area contributed by atoms with Crippen molar-refractivity contribution in [1.29, 1.82) is 0 Å². The Bertz CT molecular complexity index is 476. The summed E-state index contributed by atoms with van der Waals surface area (Å²) in [5.74, 6) is 0. The van der Waals surface area contributed by atoms with Crippen LogP contribution in [0.4, 0.5) is 5.69 Å². The molecule has 0 saturated heterocycles. The second-order valence-electron chi connectivity index (χ2n) is 3.45. The van der Waals surface area contributed by atoms with Crippen LogP contribution < -0.4 is 5.32 Å². The predicted molar refractivity (Wildman–Crippen MR) is 75.5 cm³/mol. The van der Waals surface area contributed by atoms with E-state index in [0.29, 0.717) is 0 Å². The summed E-state index contributed by atoms with van der Waals surface area (Å²) in [5, 5.41) is 4.09. The van der Waals surface area contributed by atoms with Crippen LogP contribution in [0.5, 0.6) is 0 Å². The minimum Gasteiger partial charge on any atom is -0.379 e. The predicted octanol–water partition coefficient (Wildman–Crippen LogP) is 5.08. The third kappa shape index (κ3) is 2.78. The van der Waals surface area contributed by atoms with E-state index in [2.05, 4.69) is 34.2 Å². The molecule has 16 heavy (non-hydrogen) atoms. The van der Waals surface area contributed by atoms with Gasteiger partial charge in [-0.05, 0) is 41.1 Å². The van der Waals surface area contributed by atoms with Crippen LogP contribution in [0, 0.1) is 6.92 Å². The molecule has 1 heterocycles. The van der Waals surface area contributed by atoms with Crippen LogP contribution in [-0.2, 0) is 6.54 Å². The summed E-state index contributed by atoms with van der Waals surface area (Å²) in [6, 6.07) is 9.92. The number of hydrogen-bond acceptors (Lipinski definition) is 2. The largest absolute Gasteiger partial charge is 0.379 e. The molecular weight excluding hydrogens is 306 g/mol. The van der Waals surface area contributed by atoms with Crippen LogP contribution in [0.3, 0.4) is 0 Å². The van der Waals surface area contributed by atoms with Gasteiger partial charge in [-0.2, -0.15) is 0 Å². The minimum absolute atomic E-state index is 0.759. The standard InChI is InChI=1S/C12H11BrClNS/c1-8-10(13)6-9(16-8)7-15-12-5-3-2-4-11(12)14/h2-6,15H,7H2,1H3. The molecule has 0 aliphatic heterocycles. The van der Waals surface area contributed by atoms with Crippen molar-refractivity contribution < 1.29 is 0 Å². The Morgan fingerprint density at radius 2 is 2.12 bits per heavy atom. The molecule has 0 aliphatic rings. The average molecular weight is 317 g/mol. The van der Waals surface area contributed by atoms with Crippen LogP contribution in [0.1, 0.15) is 9.75 Å². The Balaban J connectivity index is 2.05. The SMILES string of the molecule is Cc1sc(CNc2ccccc2Cl)cc1Br. The summed E-state index contributed by atoms with van der Waals surface area (Å²) in [4.78, 5) is 2.60. The summed E-state index contributed by atoms with van der Waals surface area (Å²) in [5.41, 5.74) is 0.978. The van der Waals surface area contributed by atoms with Gasteiger partial charge in [0.15, 0.2) is 0 Å². The molecule has 2 aromatic rings. The molecule has 0 radical (unpaired) electrons. The minimum atomic E-state index is 0.759. The zero-order valence-electron chi connectivity index (χ0n) is 8.76. The lowest BCUT2D eigenvalue weighted by atomic mass is 10.3. The molecule has 0 bridgehead atoms. The molecule has 0 atom stereocenters. The number of benzene rings is 1. The van der Waals surface area contributed by atoms with E-state index in [-0.39, 0.29) is 0 Å². The summed E-state index contributed by atoms with van der Waals surface area (Å²) in [7, 11) is 0. The fourth-order valence-electron chi connectivity index (χ4n) is 1.39. The van der Waals surface area contributed by atoms with Crippen LogP contribution in [0.2, 0.25) is 5.02 Å². The molecule has 4 heteroatoms. The van der Waals surface area contributed by atoms with E-state index in [4.69, 9.17) is 11.6 Å². The Morgan fingerprint density at radius 1 is 1.38 bits per heavy atom. The van der Waals surface area contributed by atoms with Crippen LogP contribution in [-0.4, -0.2) is 0 Å². The highest BCUT2D eigenvalue weighted by atomic mass is 79.9. The molecule has 1 aromatic carbocycles. The van der Waals surface area contributed by atoms with E-state index in [1.54, 1.807) is 11.3 Å². The molecule has 1 nitrogen and oxygen atoms in total. The van der Waals surface area contributed by atoms with Crippen molar-refractivity contribution in [2.75, 3.05) is 5.32 Å². The maximum absolute atomic E-state index is 6.06. The van der Waals surface area contributed by atoms with Gasteiger partial charge in [0, 0.05) is 20.8 Å². The monoisotopic (exact) mass is 315 g/mol. The smallest absolute Gasteiger partial charge is 0.0637 e. The zero-order valence-corrected chi connectivity index (χ0v) is 11.9. The molecule has 0 spiro atoms. The maximum atomic E-state index is 6.06. The first-order valence-corrected chi connectivity index (χ1v) is 6.89. The van der Waals surface area contributed by atoms with Crippen LogP contribution in [0.15, 0.2) is 34.8 Å². The van der Waals surface area contributed by atoms with Gasteiger partial charge in [0.25, 0.3) is 0 Å². The molecule has 84 valence electrons. The second kappa shape index (κ2) is 5.21. The number of thiophene rings is 1. The molecule has 1 aromatic heterocycles. The Labute approximate surface area is 113 Å². The number of aryl methyl sites for hydroxylation is 1. The Kier molecular flexibility index (Phi) is 3.90. The third-order valence-electron chi connectivity index (χ3n) is 2.24. The molecule has 2 rings (SSSR count). The number of halogens is 2. The average Bonchev–Trinajstić information content (AvgIpc) is 2.57. The fraction of sp³-hybridized carbons (Fsp3) is 0.167. The zero-order chi connectivity index (χ0) is 11.5. The molecule has 1 N–H and O–H groups in total. The van der Waals surface area contributed by atoms with Gasteiger partial charge in [-0.3, -0.25) is 0 Å². The number of nitrogens with one attached hydrogen (secondary N) is 1. The van der Waals surface area contributed by atoms with Gasteiger partial charge >= 0.3 is 0 Å². The summed E-state index contributed by atoms with van der Waals surface area (Å²) in [6.07, 6.45) is 0. The lowest BCUT2D eigenvalue weighted by Gasteiger charge is -2.06. The van der Waals surface area contributed by atoms with Gasteiger partial charge in [0.2, 0.25) is 0 Å². The van der Waals surface area contributed by atoms with Crippen LogP contribution >= 0.6 is 38.9 Å². The molecular formula is C12H11BrClNS. The van der Waals surface area contributed by atoms with E-state index in [1.807, 2.05) is 24.3 Å². The van der Waals surface area contributed by atoms with Crippen molar-refractivity contribution in [1.82, 2.24) is 0 Å². The van der Waals surface area contributed by atoms with Crippen molar-refractivity contribution in [3.05, 3.63) is 49.6 Å². The lowest BCUT2D eigenvalue weighted by Crippen LogP contribution is -1.97. The van der Waals surface area contributed by atoms with E-state index < -0.39 is 0 Å². The first-order chi connectivity index (χ1) is 7.66. The third-order valence-corrected chi connectivity index (χ3v) is 4.70. The Morgan fingerprint density at radius 3 is 2.75 bits per heavy atom. The van der Waals surface area contributed by atoms with Crippen molar-refractivity contribution in [3.63, 3.8) is 0 Å². The van der Waals surface area contributed by atoms with Crippen molar-refractivity contribution in [2.24, 2.45) is 0 Å². The quantitative estimate of drug-likeness (QED) is 0.832. The Hall–Kier alpha value is -0.510. The number of hydrogen-bond donors (Lipinski definition) is 1. The van der Waals surface area contributed by atoms with Gasteiger partial charge in [-0.15, -0.1) is 11.3 Å². The van der Waals surface area contributed by atoms with Gasteiger partial charge in [-0.1, -0.05) is 23.7 Å². The number of anilines is 1.